The molecule has 0 radical (unpaired) electrons. The summed E-state index contributed by atoms with van der Waals surface area (Å²) in [7, 11) is 0. The third-order valence-electron chi connectivity index (χ3n) is 2.82. The minimum absolute atomic E-state index is 0.704. The number of hydrogen-bond acceptors (Lipinski definition) is 3. The Bertz CT molecular complexity index is 553. The number of rotatable bonds is 3. The highest BCUT2D eigenvalue weighted by Crippen LogP contribution is 2.18. The van der Waals surface area contributed by atoms with E-state index >= 15 is 0 Å². The average molecular weight is 318 g/mol. The molecule has 1 aliphatic rings. The van der Waals surface area contributed by atoms with E-state index in [1.54, 1.807) is 12.4 Å². The first-order valence-corrected chi connectivity index (χ1v) is 6.98. The van der Waals surface area contributed by atoms with E-state index in [1.165, 1.54) is 5.70 Å². The van der Waals surface area contributed by atoms with Crippen molar-refractivity contribution in [3.63, 3.8) is 0 Å². The number of likely N-dealkylation sites (N-methyl/N-ethyl adjacent to an activating group) is 1. The first kappa shape index (κ1) is 13.7. The summed E-state index contributed by atoms with van der Waals surface area (Å²) in [6, 6.07) is 3.80. The van der Waals surface area contributed by atoms with Crippen molar-refractivity contribution in [3.05, 3.63) is 58.5 Å². The zero-order valence-electron chi connectivity index (χ0n) is 11.0. The molecule has 0 spiro atoms. The Balaban J connectivity index is 2.11. The molecule has 1 aromatic heterocycles. The summed E-state index contributed by atoms with van der Waals surface area (Å²) in [6.45, 7) is 5.19. The second kappa shape index (κ2) is 6.48. The summed E-state index contributed by atoms with van der Waals surface area (Å²) < 4.78 is 0.956. The summed E-state index contributed by atoms with van der Waals surface area (Å²) in [6.07, 6.45) is 11.8. The number of allylic oxidation sites excluding steroid dienone is 5. The molecule has 1 aromatic rings. The first-order valence-electron chi connectivity index (χ1n) is 6.19. The van der Waals surface area contributed by atoms with Gasteiger partial charge < -0.3 is 4.90 Å². The van der Waals surface area contributed by atoms with E-state index in [1.807, 2.05) is 18.2 Å². The van der Waals surface area contributed by atoms with Crippen molar-refractivity contribution >= 4 is 28.0 Å². The van der Waals surface area contributed by atoms with Crippen molar-refractivity contribution in [2.24, 2.45) is 4.99 Å². The summed E-state index contributed by atoms with van der Waals surface area (Å²) in [5.41, 5.74) is 2.38. The van der Waals surface area contributed by atoms with E-state index in [-0.39, 0.29) is 0 Å². The number of nitrogens with zero attached hydrogens (tertiary/aromatic N) is 3. The summed E-state index contributed by atoms with van der Waals surface area (Å²) in [4.78, 5) is 10.8. The van der Waals surface area contributed by atoms with Crippen LogP contribution in [0.15, 0.2) is 63.5 Å². The topological polar surface area (TPSA) is 28.5 Å². The van der Waals surface area contributed by atoms with E-state index in [0.717, 1.165) is 16.7 Å². The van der Waals surface area contributed by atoms with E-state index in [4.69, 9.17) is 0 Å². The number of hydrogen-bond donors (Lipinski definition) is 0. The van der Waals surface area contributed by atoms with Gasteiger partial charge in [-0.1, -0.05) is 6.08 Å². The van der Waals surface area contributed by atoms with Crippen LogP contribution in [0.4, 0.5) is 5.82 Å². The van der Waals surface area contributed by atoms with Crippen molar-refractivity contribution in [3.8, 4) is 0 Å². The van der Waals surface area contributed by atoms with Gasteiger partial charge in [0.15, 0.2) is 5.82 Å². The van der Waals surface area contributed by atoms with Crippen molar-refractivity contribution in [1.29, 1.82) is 0 Å². The van der Waals surface area contributed by atoms with Crippen LogP contribution in [0.1, 0.15) is 13.8 Å². The molecular weight excluding hydrogens is 302 g/mol. The second-order valence-electron chi connectivity index (χ2n) is 4.12. The molecule has 0 unspecified atom stereocenters. The van der Waals surface area contributed by atoms with Crippen LogP contribution in [0.5, 0.6) is 0 Å². The minimum Gasteiger partial charge on any atom is -0.346 e. The lowest BCUT2D eigenvalue weighted by molar-refractivity contribution is 0.462. The van der Waals surface area contributed by atoms with E-state index in [2.05, 4.69) is 62.9 Å². The maximum absolute atomic E-state index is 4.32. The van der Waals surface area contributed by atoms with Gasteiger partial charge in [0.25, 0.3) is 0 Å². The zero-order valence-corrected chi connectivity index (χ0v) is 12.6. The number of aliphatic imine (C=N–C) groups is 1. The molecule has 0 amide bonds. The average Bonchev–Trinajstić information content (AvgIpc) is 2.41. The lowest BCUT2D eigenvalue weighted by Crippen LogP contribution is -2.21. The highest BCUT2D eigenvalue weighted by atomic mass is 79.9. The third kappa shape index (κ3) is 3.64. The van der Waals surface area contributed by atoms with Crippen LogP contribution in [0, 0.1) is 0 Å². The monoisotopic (exact) mass is 317 g/mol. The Kier molecular flexibility index (Phi) is 4.68. The largest absolute Gasteiger partial charge is 0.346 e. The van der Waals surface area contributed by atoms with E-state index in [0.29, 0.717) is 5.82 Å². The van der Waals surface area contributed by atoms with Crippen LogP contribution in [0.25, 0.3) is 0 Å². The van der Waals surface area contributed by atoms with Crippen molar-refractivity contribution < 1.29 is 0 Å². The Morgan fingerprint density at radius 2 is 2.26 bits per heavy atom. The van der Waals surface area contributed by atoms with Gasteiger partial charge in [-0.3, -0.25) is 0 Å². The predicted octanol–water partition coefficient (Wildman–Crippen LogP) is 4.23. The molecule has 98 valence electrons. The van der Waals surface area contributed by atoms with Gasteiger partial charge in [0.1, 0.15) is 0 Å². The van der Waals surface area contributed by atoms with E-state index in [9.17, 15) is 0 Å². The standard InChI is InChI=1S/C15H16BrN3/c1-3-19-12(2)5-4-6-14(19)9-10-17-15-8-7-13(16)11-18-15/h4-11H,3H2,1-2H3/b14-9-,17-10?. The quantitative estimate of drug-likeness (QED) is 0.781. The van der Waals surface area contributed by atoms with Gasteiger partial charge in [-0.2, -0.15) is 0 Å². The molecule has 4 heteroatoms. The third-order valence-corrected chi connectivity index (χ3v) is 3.29. The molecule has 1 aliphatic heterocycles. The normalized spacial score (nSPS) is 17.3. The SMILES string of the molecule is CCN1C(C)=CC=C/C1=C/C=Nc1ccc(Br)cn1. The predicted molar refractivity (Wildman–Crippen MR) is 83.4 cm³/mol. The summed E-state index contributed by atoms with van der Waals surface area (Å²) in [5, 5.41) is 0. The van der Waals surface area contributed by atoms with Gasteiger partial charge in [0, 0.05) is 34.8 Å². The lowest BCUT2D eigenvalue weighted by Gasteiger charge is -2.26. The van der Waals surface area contributed by atoms with Crippen LogP contribution >= 0.6 is 15.9 Å². The van der Waals surface area contributed by atoms with Crippen molar-refractivity contribution in [2.45, 2.75) is 13.8 Å². The minimum atomic E-state index is 0.704. The number of halogens is 1. The van der Waals surface area contributed by atoms with Gasteiger partial charge in [-0.25, -0.2) is 9.98 Å². The molecule has 0 atom stereocenters. The molecule has 19 heavy (non-hydrogen) atoms. The van der Waals surface area contributed by atoms with Crippen LogP contribution < -0.4 is 0 Å². The molecule has 0 saturated carbocycles. The van der Waals surface area contributed by atoms with Gasteiger partial charge >= 0.3 is 0 Å². The van der Waals surface area contributed by atoms with Crippen LogP contribution in [0.3, 0.4) is 0 Å². The van der Waals surface area contributed by atoms with Gasteiger partial charge in [-0.05, 0) is 60.1 Å². The van der Waals surface area contributed by atoms with Gasteiger partial charge in [0.2, 0.25) is 0 Å². The first-order chi connectivity index (χ1) is 9.20. The fourth-order valence-electron chi connectivity index (χ4n) is 1.88. The molecule has 0 N–H and O–H groups in total. The number of pyridine rings is 1. The maximum Gasteiger partial charge on any atom is 0.151 e. The zero-order chi connectivity index (χ0) is 13.7. The molecule has 3 nitrogen and oxygen atoms in total. The lowest BCUT2D eigenvalue weighted by atomic mass is 10.2. The molecule has 0 bridgehead atoms. The van der Waals surface area contributed by atoms with Crippen LogP contribution in [-0.4, -0.2) is 22.6 Å². The highest BCUT2D eigenvalue weighted by molar-refractivity contribution is 9.10. The Labute approximate surface area is 122 Å². The Morgan fingerprint density at radius 1 is 1.42 bits per heavy atom. The smallest absolute Gasteiger partial charge is 0.151 e. The summed E-state index contributed by atoms with van der Waals surface area (Å²) >= 11 is 3.35. The second-order valence-corrected chi connectivity index (χ2v) is 5.03. The fraction of sp³-hybridized carbons (Fsp3) is 0.200. The Morgan fingerprint density at radius 3 is 2.95 bits per heavy atom. The molecule has 0 aromatic carbocycles. The van der Waals surface area contributed by atoms with E-state index < -0.39 is 0 Å². The Hall–Kier alpha value is -1.68. The maximum atomic E-state index is 4.32. The molecule has 0 fully saturated rings. The molecule has 2 rings (SSSR count). The highest BCUT2D eigenvalue weighted by Gasteiger charge is 2.08. The van der Waals surface area contributed by atoms with Crippen LogP contribution in [-0.2, 0) is 0 Å². The molecular formula is C15H16BrN3. The van der Waals surface area contributed by atoms with Gasteiger partial charge in [-0.15, -0.1) is 0 Å². The molecule has 2 heterocycles. The van der Waals surface area contributed by atoms with Crippen molar-refractivity contribution in [1.82, 2.24) is 9.88 Å². The summed E-state index contributed by atoms with van der Waals surface area (Å²) in [5.74, 6) is 0.704. The fourth-order valence-corrected chi connectivity index (χ4v) is 2.12. The van der Waals surface area contributed by atoms with Gasteiger partial charge in [0.05, 0.1) is 0 Å². The molecule has 0 saturated heterocycles. The van der Waals surface area contributed by atoms with Crippen LogP contribution in [0.2, 0.25) is 0 Å². The number of aromatic nitrogens is 1. The molecule has 0 aliphatic carbocycles. The van der Waals surface area contributed by atoms with Crippen molar-refractivity contribution in [2.75, 3.05) is 6.54 Å².